The van der Waals surface area contributed by atoms with Crippen molar-refractivity contribution in [2.24, 2.45) is 0 Å². The largest absolute Gasteiger partial charge is 0.390 e. The van der Waals surface area contributed by atoms with E-state index in [2.05, 4.69) is 60.2 Å². The summed E-state index contributed by atoms with van der Waals surface area (Å²) in [6.07, 6.45) is 2.55. The quantitative estimate of drug-likeness (QED) is 0.947. The van der Waals surface area contributed by atoms with Crippen molar-refractivity contribution in [3.63, 3.8) is 0 Å². The van der Waals surface area contributed by atoms with Gasteiger partial charge in [0.1, 0.15) is 5.69 Å². The average molecular weight is 300 g/mol. The summed E-state index contributed by atoms with van der Waals surface area (Å²) in [5, 5.41) is 17.9. The van der Waals surface area contributed by atoms with Crippen molar-refractivity contribution in [1.29, 1.82) is 0 Å². The zero-order valence-electron chi connectivity index (χ0n) is 13.6. The highest BCUT2D eigenvalue weighted by atomic mass is 16.3. The molecule has 0 saturated carbocycles. The molecule has 118 valence electrons. The highest BCUT2D eigenvalue weighted by molar-refractivity contribution is 5.52. The molecule has 0 atom stereocenters. The lowest BCUT2D eigenvalue weighted by atomic mass is 9.90. The predicted molar refractivity (Wildman–Crippen MR) is 87.4 cm³/mol. The van der Waals surface area contributed by atoms with E-state index >= 15 is 0 Å². The lowest BCUT2D eigenvalue weighted by Crippen LogP contribution is -2.20. The first-order chi connectivity index (χ1) is 10.5. The van der Waals surface area contributed by atoms with Gasteiger partial charge < -0.3 is 10.0 Å². The molecule has 22 heavy (non-hydrogen) atoms. The van der Waals surface area contributed by atoms with Crippen LogP contribution in [0.1, 0.15) is 45.0 Å². The Morgan fingerprint density at radius 3 is 2.18 bits per heavy atom. The molecule has 3 rings (SSSR count). The Labute approximate surface area is 131 Å². The Bertz CT molecular complexity index is 634. The molecule has 0 aliphatic carbocycles. The van der Waals surface area contributed by atoms with Gasteiger partial charge in [0, 0.05) is 24.2 Å². The van der Waals surface area contributed by atoms with Crippen LogP contribution in [0.4, 0.5) is 5.69 Å². The molecule has 5 heteroatoms. The number of rotatable bonds is 3. The summed E-state index contributed by atoms with van der Waals surface area (Å²) >= 11 is 0. The second-order valence-electron chi connectivity index (χ2n) is 6.92. The van der Waals surface area contributed by atoms with Crippen LogP contribution in [0.2, 0.25) is 0 Å². The van der Waals surface area contributed by atoms with Gasteiger partial charge in [0.25, 0.3) is 0 Å². The Balaban J connectivity index is 1.96. The summed E-state index contributed by atoms with van der Waals surface area (Å²) in [5.41, 5.74) is 3.73. The van der Waals surface area contributed by atoms with Crippen molar-refractivity contribution in [2.75, 3.05) is 18.0 Å². The third-order valence-electron chi connectivity index (χ3n) is 4.17. The molecule has 0 unspecified atom stereocenters. The number of hydrogen-bond donors (Lipinski definition) is 1. The summed E-state index contributed by atoms with van der Waals surface area (Å²) in [6, 6.07) is 8.46. The lowest BCUT2D eigenvalue weighted by Gasteiger charge is -2.22. The molecule has 1 saturated heterocycles. The van der Waals surface area contributed by atoms with Crippen LogP contribution in [0.15, 0.2) is 24.3 Å². The zero-order valence-corrected chi connectivity index (χ0v) is 13.6. The van der Waals surface area contributed by atoms with Crippen LogP contribution >= 0.6 is 0 Å². The van der Waals surface area contributed by atoms with E-state index in [0.717, 1.165) is 24.5 Å². The fraction of sp³-hybridized carbons (Fsp3) is 0.529. The molecule has 1 aliphatic heterocycles. The van der Waals surface area contributed by atoms with Gasteiger partial charge in [-0.3, -0.25) is 0 Å². The molecule has 1 N–H and O–H groups in total. The Morgan fingerprint density at radius 2 is 1.64 bits per heavy atom. The van der Waals surface area contributed by atoms with Gasteiger partial charge >= 0.3 is 0 Å². The SMILES string of the molecule is CC(C)(C)c1c(CO)nnn1-c1ccc(N2CCCC2)cc1. The summed E-state index contributed by atoms with van der Waals surface area (Å²) in [6.45, 7) is 8.54. The molecule has 1 aliphatic rings. The van der Waals surface area contributed by atoms with Gasteiger partial charge in [-0.2, -0.15) is 0 Å². The van der Waals surface area contributed by atoms with E-state index in [-0.39, 0.29) is 12.0 Å². The molecule has 1 aromatic carbocycles. The first-order valence-electron chi connectivity index (χ1n) is 7.92. The van der Waals surface area contributed by atoms with Crippen LogP contribution in [0.5, 0.6) is 0 Å². The molecular formula is C17H24N4O. The average Bonchev–Trinajstić information content (AvgIpc) is 3.16. The number of aliphatic hydroxyl groups excluding tert-OH is 1. The monoisotopic (exact) mass is 300 g/mol. The van der Waals surface area contributed by atoms with Crippen molar-refractivity contribution in [3.8, 4) is 5.69 Å². The molecule has 2 heterocycles. The first kappa shape index (κ1) is 15.0. The molecule has 1 fully saturated rings. The summed E-state index contributed by atoms with van der Waals surface area (Å²) in [7, 11) is 0. The summed E-state index contributed by atoms with van der Waals surface area (Å²) in [4.78, 5) is 2.41. The first-order valence-corrected chi connectivity index (χ1v) is 7.92. The van der Waals surface area contributed by atoms with Gasteiger partial charge in [-0.1, -0.05) is 26.0 Å². The molecule has 0 amide bonds. The third kappa shape index (κ3) is 2.73. The van der Waals surface area contributed by atoms with E-state index in [1.54, 1.807) is 0 Å². The van der Waals surface area contributed by atoms with Crippen molar-refractivity contribution in [2.45, 2.75) is 45.6 Å². The zero-order chi connectivity index (χ0) is 15.7. The Kier molecular flexibility index (Phi) is 3.91. The van der Waals surface area contributed by atoms with Crippen LogP contribution in [0, 0.1) is 0 Å². The maximum Gasteiger partial charge on any atom is 0.112 e. The third-order valence-corrected chi connectivity index (χ3v) is 4.17. The minimum Gasteiger partial charge on any atom is -0.390 e. The van der Waals surface area contributed by atoms with Gasteiger partial charge in [0.2, 0.25) is 0 Å². The van der Waals surface area contributed by atoms with Crippen LogP contribution in [0.3, 0.4) is 0 Å². The Hall–Kier alpha value is -1.88. The van der Waals surface area contributed by atoms with Crippen molar-refractivity contribution in [3.05, 3.63) is 35.7 Å². The van der Waals surface area contributed by atoms with Crippen LogP contribution in [-0.4, -0.2) is 33.2 Å². The van der Waals surface area contributed by atoms with Crippen LogP contribution in [0.25, 0.3) is 5.69 Å². The molecule has 5 nitrogen and oxygen atoms in total. The molecule has 2 aromatic rings. The Morgan fingerprint density at radius 1 is 1.05 bits per heavy atom. The molecular weight excluding hydrogens is 276 g/mol. The summed E-state index contributed by atoms with van der Waals surface area (Å²) < 4.78 is 1.85. The maximum absolute atomic E-state index is 9.51. The number of anilines is 1. The number of hydrogen-bond acceptors (Lipinski definition) is 4. The van der Waals surface area contributed by atoms with Crippen LogP contribution in [-0.2, 0) is 12.0 Å². The molecule has 0 radical (unpaired) electrons. The standard InChI is InChI=1S/C17H24N4O/c1-17(2,3)16-15(12-22)18-19-21(16)14-8-6-13(7-9-14)20-10-4-5-11-20/h6-9,22H,4-5,10-12H2,1-3H3. The number of benzene rings is 1. The fourth-order valence-corrected chi connectivity index (χ4v) is 3.13. The molecule has 0 bridgehead atoms. The van der Waals surface area contributed by atoms with Crippen LogP contribution < -0.4 is 4.90 Å². The molecule has 0 spiro atoms. The highest BCUT2D eigenvalue weighted by Crippen LogP contribution is 2.28. The van der Waals surface area contributed by atoms with E-state index in [0.29, 0.717) is 5.69 Å². The van der Waals surface area contributed by atoms with Gasteiger partial charge in [-0.15, -0.1) is 5.10 Å². The van der Waals surface area contributed by atoms with Gasteiger partial charge in [0.05, 0.1) is 18.0 Å². The van der Waals surface area contributed by atoms with E-state index in [1.165, 1.54) is 18.5 Å². The number of nitrogens with zero attached hydrogens (tertiary/aromatic N) is 4. The lowest BCUT2D eigenvalue weighted by molar-refractivity contribution is 0.273. The topological polar surface area (TPSA) is 54.2 Å². The van der Waals surface area contributed by atoms with Gasteiger partial charge in [-0.25, -0.2) is 4.68 Å². The second-order valence-corrected chi connectivity index (χ2v) is 6.92. The van der Waals surface area contributed by atoms with Crippen molar-refractivity contribution < 1.29 is 5.11 Å². The second kappa shape index (κ2) is 5.72. The maximum atomic E-state index is 9.51. The summed E-state index contributed by atoms with van der Waals surface area (Å²) in [5.74, 6) is 0. The fourth-order valence-electron chi connectivity index (χ4n) is 3.13. The van der Waals surface area contributed by atoms with Crippen molar-refractivity contribution >= 4 is 5.69 Å². The number of aliphatic hydroxyl groups is 1. The van der Waals surface area contributed by atoms with E-state index in [4.69, 9.17) is 0 Å². The van der Waals surface area contributed by atoms with Gasteiger partial charge in [0.15, 0.2) is 0 Å². The number of aromatic nitrogens is 3. The minimum absolute atomic E-state index is 0.0849. The van der Waals surface area contributed by atoms with Gasteiger partial charge in [-0.05, 0) is 37.1 Å². The normalized spacial score (nSPS) is 15.5. The van der Waals surface area contributed by atoms with E-state index in [9.17, 15) is 5.11 Å². The highest BCUT2D eigenvalue weighted by Gasteiger charge is 2.25. The molecule has 1 aromatic heterocycles. The smallest absolute Gasteiger partial charge is 0.112 e. The van der Waals surface area contributed by atoms with Crippen molar-refractivity contribution in [1.82, 2.24) is 15.0 Å². The minimum atomic E-state index is -0.130. The van der Waals surface area contributed by atoms with E-state index < -0.39 is 0 Å². The predicted octanol–water partition coefficient (Wildman–Crippen LogP) is 2.66. The van der Waals surface area contributed by atoms with E-state index in [1.807, 2.05) is 4.68 Å².